The fraction of sp³-hybridized carbons (Fsp3) is 0.526. The van der Waals surface area contributed by atoms with Gasteiger partial charge >= 0.3 is 0 Å². The summed E-state index contributed by atoms with van der Waals surface area (Å²) in [4.78, 5) is 4.95. The van der Waals surface area contributed by atoms with E-state index in [1.165, 1.54) is 6.08 Å². The van der Waals surface area contributed by atoms with Crippen molar-refractivity contribution in [2.24, 2.45) is 5.16 Å². The Morgan fingerprint density at radius 1 is 1.04 bits per heavy atom. The van der Waals surface area contributed by atoms with Gasteiger partial charge < -0.3 is 19.0 Å². The standard InChI is InChI=1S/C19H25Cl4NO4/c1-3-28-24-14(2)13-25-8-5-4-6-9-27-19-16(20)11-15(12-17(19)21)26-10-7-18(22)23/h7,11-12H,3-6,8-10,13H2,1-2H3. The summed E-state index contributed by atoms with van der Waals surface area (Å²) >= 11 is 23.5. The van der Waals surface area contributed by atoms with Crippen LogP contribution in [0.1, 0.15) is 33.1 Å². The average Bonchev–Trinajstić information content (AvgIpc) is 2.63. The smallest absolute Gasteiger partial charge is 0.156 e. The van der Waals surface area contributed by atoms with Crippen molar-refractivity contribution < 1.29 is 19.0 Å². The van der Waals surface area contributed by atoms with Crippen LogP contribution in [-0.4, -0.2) is 38.7 Å². The summed E-state index contributed by atoms with van der Waals surface area (Å²) in [6, 6.07) is 3.28. The third-order valence-electron chi connectivity index (χ3n) is 3.30. The molecule has 1 aromatic rings. The lowest BCUT2D eigenvalue weighted by molar-refractivity contribution is 0.141. The van der Waals surface area contributed by atoms with Crippen LogP contribution < -0.4 is 9.47 Å². The maximum atomic E-state index is 6.22. The first-order valence-corrected chi connectivity index (χ1v) is 10.4. The molecule has 0 aliphatic rings. The molecule has 28 heavy (non-hydrogen) atoms. The first-order valence-electron chi connectivity index (χ1n) is 8.93. The summed E-state index contributed by atoms with van der Waals surface area (Å²) in [7, 11) is 0. The van der Waals surface area contributed by atoms with E-state index in [0.717, 1.165) is 25.0 Å². The summed E-state index contributed by atoms with van der Waals surface area (Å²) in [5.74, 6) is 0.953. The van der Waals surface area contributed by atoms with Gasteiger partial charge in [-0.15, -0.1) is 0 Å². The third-order valence-corrected chi connectivity index (χ3v) is 4.17. The highest BCUT2D eigenvalue weighted by molar-refractivity contribution is 6.55. The van der Waals surface area contributed by atoms with Gasteiger partial charge in [0.2, 0.25) is 0 Å². The molecule has 5 nitrogen and oxygen atoms in total. The van der Waals surface area contributed by atoms with E-state index >= 15 is 0 Å². The SMILES string of the molecule is CCON=C(C)COCCCCCOc1c(Cl)cc(OCC=C(Cl)Cl)cc1Cl. The number of benzene rings is 1. The van der Waals surface area contributed by atoms with Gasteiger partial charge in [0.05, 0.1) is 29.0 Å². The Kier molecular flexibility index (Phi) is 13.5. The predicted octanol–water partition coefficient (Wildman–Crippen LogP) is 6.67. The van der Waals surface area contributed by atoms with Gasteiger partial charge in [-0.25, -0.2) is 0 Å². The van der Waals surface area contributed by atoms with E-state index in [1.54, 1.807) is 12.1 Å². The number of nitrogens with zero attached hydrogens (tertiary/aromatic N) is 1. The van der Waals surface area contributed by atoms with E-state index in [1.807, 2.05) is 13.8 Å². The van der Waals surface area contributed by atoms with Crippen molar-refractivity contribution in [1.82, 2.24) is 0 Å². The highest BCUT2D eigenvalue weighted by Gasteiger charge is 2.10. The zero-order valence-electron chi connectivity index (χ0n) is 16.0. The third kappa shape index (κ3) is 11.2. The lowest BCUT2D eigenvalue weighted by atomic mass is 10.2. The van der Waals surface area contributed by atoms with E-state index < -0.39 is 0 Å². The summed E-state index contributed by atoms with van der Waals surface area (Å²) in [5.41, 5.74) is 0.823. The molecule has 0 aromatic heterocycles. The number of hydrogen-bond acceptors (Lipinski definition) is 5. The lowest BCUT2D eigenvalue weighted by Gasteiger charge is -2.12. The van der Waals surface area contributed by atoms with Crippen LogP contribution in [0.3, 0.4) is 0 Å². The Morgan fingerprint density at radius 3 is 2.36 bits per heavy atom. The summed E-state index contributed by atoms with van der Waals surface area (Å²) in [6.07, 6.45) is 4.27. The number of oxime groups is 1. The molecule has 0 aliphatic heterocycles. The van der Waals surface area contributed by atoms with Crippen molar-refractivity contribution in [2.45, 2.75) is 33.1 Å². The zero-order valence-corrected chi connectivity index (χ0v) is 19.0. The molecule has 1 aromatic carbocycles. The van der Waals surface area contributed by atoms with Crippen molar-refractivity contribution in [1.29, 1.82) is 0 Å². The van der Waals surface area contributed by atoms with Gasteiger partial charge in [0.15, 0.2) is 5.75 Å². The molecule has 0 N–H and O–H groups in total. The maximum Gasteiger partial charge on any atom is 0.156 e. The number of ether oxygens (including phenoxy) is 3. The molecule has 0 bridgehead atoms. The summed E-state index contributed by atoms with van der Waals surface area (Å²) < 4.78 is 16.8. The predicted molar refractivity (Wildman–Crippen MR) is 117 cm³/mol. The van der Waals surface area contributed by atoms with E-state index in [4.69, 9.17) is 65.5 Å². The van der Waals surface area contributed by atoms with Gasteiger partial charge in [0.1, 0.15) is 23.5 Å². The van der Waals surface area contributed by atoms with Crippen LogP contribution in [0.15, 0.2) is 27.9 Å². The highest BCUT2D eigenvalue weighted by atomic mass is 35.5. The maximum absolute atomic E-state index is 6.22. The second-order valence-corrected chi connectivity index (χ2v) is 7.55. The average molecular weight is 473 g/mol. The number of hydrogen-bond donors (Lipinski definition) is 0. The van der Waals surface area contributed by atoms with Gasteiger partial charge in [-0.2, -0.15) is 0 Å². The van der Waals surface area contributed by atoms with Gasteiger partial charge in [-0.3, -0.25) is 0 Å². The van der Waals surface area contributed by atoms with Gasteiger partial charge in [-0.05, 0) is 39.2 Å². The van der Waals surface area contributed by atoms with Crippen molar-refractivity contribution in [3.05, 3.63) is 32.7 Å². The lowest BCUT2D eigenvalue weighted by Crippen LogP contribution is -2.07. The molecule has 0 saturated heterocycles. The molecule has 0 unspecified atom stereocenters. The Balaban J connectivity index is 2.25. The fourth-order valence-corrected chi connectivity index (χ4v) is 2.74. The molecule has 0 fully saturated rings. The van der Waals surface area contributed by atoms with Crippen molar-refractivity contribution in [3.63, 3.8) is 0 Å². The molecular formula is C19H25Cl4NO4. The van der Waals surface area contributed by atoms with Crippen LogP contribution in [0, 0.1) is 0 Å². The monoisotopic (exact) mass is 471 g/mol. The molecule has 0 aliphatic carbocycles. The second-order valence-electron chi connectivity index (χ2n) is 5.73. The number of unbranched alkanes of at least 4 members (excludes halogenated alkanes) is 2. The molecule has 0 saturated carbocycles. The van der Waals surface area contributed by atoms with Crippen molar-refractivity contribution in [3.8, 4) is 11.5 Å². The molecule has 0 heterocycles. The molecule has 1 rings (SSSR count). The number of halogens is 4. The van der Waals surface area contributed by atoms with Crippen LogP contribution in [-0.2, 0) is 9.57 Å². The molecule has 0 amide bonds. The second kappa shape index (κ2) is 15.1. The first kappa shape index (κ1) is 25.2. The Bertz CT molecular complexity index is 626. The molecule has 0 radical (unpaired) electrons. The van der Waals surface area contributed by atoms with E-state index in [0.29, 0.717) is 48.0 Å². The van der Waals surface area contributed by atoms with Crippen LogP contribution in [0.5, 0.6) is 11.5 Å². The van der Waals surface area contributed by atoms with Crippen LogP contribution in [0.2, 0.25) is 10.0 Å². The normalized spacial score (nSPS) is 11.3. The summed E-state index contributed by atoms with van der Waals surface area (Å²) in [5, 5.41) is 4.66. The van der Waals surface area contributed by atoms with Crippen LogP contribution >= 0.6 is 46.4 Å². The molecule has 0 atom stereocenters. The quantitative estimate of drug-likeness (QED) is 0.172. The summed E-state index contributed by atoms with van der Waals surface area (Å²) in [6.45, 7) is 6.18. The minimum atomic E-state index is 0.135. The zero-order chi connectivity index (χ0) is 20.8. The topological polar surface area (TPSA) is 49.3 Å². The molecular weight excluding hydrogens is 448 g/mol. The Morgan fingerprint density at radius 2 is 1.71 bits per heavy atom. The van der Waals surface area contributed by atoms with Crippen LogP contribution in [0.4, 0.5) is 0 Å². The Hall–Kier alpha value is -0.850. The molecule has 158 valence electrons. The van der Waals surface area contributed by atoms with E-state index in [-0.39, 0.29) is 11.1 Å². The highest BCUT2D eigenvalue weighted by Crippen LogP contribution is 2.37. The molecule has 0 spiro atoms. The van der Waals surface area contributed by atoms with Gasteiger partial charge in [0, 0.05) is 18.7 Å². The van der Waals surface area contributed by atoms with Crippen LogP contribution in [0.25, 0.3) is 0 Å². The van der Waals surface area contributed by atoms with Gasteiger partial charge in [0.25, 0.3) is 0 Å². The first-order chi connectivity index (χ1) is 13.4. The fourth-order valence-electron chi connectivity index (χ4n) is 2.04. The van der Waals surface area contributed by atoms with Crippen molar-refractivity contribution in [2.75, 3.05) is 33.0 Å². The van der Waals surface area contributed by atoms with E-state index in [9.17, 15) is 0 Å². The van der Waals surface area contributed by atoms with E-state index in [2.05, 4.69) is 5.16 Å². The minimum absolute atomic E-state index is 0.135. The molecule has 9 heteroatoms. The largest absolute Gasteiger partial charge is 0.490 e. The minimum Gasteiger partial charge on any atom is -0.490 e. The van der Waals surface area contributed by atoms with Gasteiger partial charge in [-0.1, -0.05) is 51.6 Å². The van der Waals surface area contributed by atoms with Crippen molar-refractivity contribution >= 4 is 52.1 Å². The Labute approximate surface area is 186 Å². The number of rotatable bonds is 14.